The summed E-state index contributed by atoms with van der Waals surface area (Å²) in [4.78, 5) is 11.6. The van der Waals surface area contributed by atoms with Crippen LogP contribution >= 0.6 is 0 Å². The number of ether oxygens (including phenoxy) is 1. The standard InChI is InChI=1S/C25H36O3/c1-3-5-6-7-8-9-10-11-12-13-14-15-16-18-22-19-17-20-23(28-21-4-2)24(22)25(26)27/h3,6-7,9-10,17,19-20H,1,4-5,8,11-16,18,21H2,2H3,(H,26,27)/b7-6-,10-9-. The zero-order valence-corrected chi connectivity index (χ0v) is 17.4. The third-order valence-electron chi connectivity index (χ3n) is 4.51. The number of aryl methyl sites for hydroxylation is 1. The Hall–Kier alpha value is -2.29. The maximum Gasteiger partial charge on any atom is 0.339 e. The second kappa shape index (κ2) is 15.7. The molecule has 0 saturated heterocycles. The highest BCUT2D eigenvalue weighted by Crippen LogP contribution is 2.24. The summed E-state index contributed by atoms with van der Waals surface area (Å²) in [7, 11) is 0. The van der Waals surface area contributed by atoms with E-state index in [1.807, 2.05) is 25.1 Å². The Morgan fingerprint density at radius 1 is 1.04 bits per heavy atom. The van der Waals surface area contributed by atoms with Gasteiger partial charge in [-0.2, -0.15) is 0 Å². The Kier molecular flexibility index (Phi) is 13.3. The molecule has 0 amide bonds. The summed E-state index contributed by atoms with van der Waals surface area (Å²) in [6.07, 6.45) is 21.2. The Bertz CT molecular complexity index is 629. The van der Waals surface area contributed by atoms with Crippen LogP contribution in [0.1, 0.15) is 80.6 Å². The van der Waals surface area contributed by atoms with E-state index < -0.39 is 5.97 Å². The van der Waals surface area contributed by atoms with Crippen molar-refractivity contribution in [2.24, 2.45) is 0 Å². The lowest BCUT2D eigenvalue weighted by Gasteiger charge is -2.12. The largest absolute Gasteiger partial charge is 0.493 e. The quantitative estimate of drug-likeness (QED) is 0.243. The highest BCUT2D eigenvalue weighted by atomic mass is 16.5. The first-order valence-electron chi connectivity index (χ1n) is 10.6. The average molecular weight is 385 g/mol. The molecule has 0 unspecified atom stereocenters. The summed E-state index contributed by atoms with van der Waals surface area (Å²) in [5, 5.41) is 9.55. The van der Waals surface area contributed by atoms with Gasteiger partial charge in [0.05, 0.1) is 6.61 Å². The summed E-state index contributed by atoms with van der Waals surface area (Å²) in [6.45, 7) is 6.25. The zero-order chi connectivity index (χ0) is 20.5. The van der Waals surface area contributed by atoms with Gasteiger partial charge < -0.3 is 9.84 Å². The van der Waals surface area contributed by atoms with Crippen LogP contribution in [0.4, 0.5) is 0 Å². The predicted octanol–water partition coefficient (Wildman–Crippen LogP) is 7.14. The molecular weight excluding hydrogens is 348 g/mol. The van der Waals surface area contributed by atoms with Gasteiger partial charge in [0.15, 0.2) is 0 Å². The minimum atomic E-state index is -0.896. The van der Waals surface area contributed by atoms with Gasteiger partial charge in [-0.25, -0.2) is 4.79 Å². The van der Waals surface area contributed by atoms with Crippen molar-refractivity contribution in [3.8, 4) is 5.75 Å². The minimum absolute atomic E-state index is 0.336. The normalized spacial score (nSPS) is 11.3. The summed E-state index contributed by atoms with van der Waals surface area (Å²) in [5.74, 6) is -0.397. The first-order chi connectivity index (χ1) is 13.7. The summed E-state index contributed by atoms with van der Waals surface area (Å²) >= 11 is 0. The second-order valence-corrected chi connectivity index (χ2v) is 6.95. The van der Waals surface area contributed by atoms with Crippen molar-refractivity contribution >= 4 is 5.97 Å². The molecule has 0 radical (unpaired) electrons. The molecule has 0 spiro atoms. The Balaban J connectivity index is 2.25. The highest BCUT2D eigenvalue weighted by molar-refractivity contribution is 5.92. The van der Waals surface area contributed by atoms with Gasteiger partial charge in [0.1, 0.15) is 11.3 Å². The van der Waals surface area contributed by atoms with Crippen LogP contribution in [0.3, 0.4) is 0 Å². The van der Waals surface area contributed by atoms with Crippen molar-refractivity contribution in [1.29, 1.82) is 0 Å². The SMILES string of the molecule is C=CC/C=C\C/C=C\CCCCCCCc1cccc(OCCC)c1C(=O)O. The fraction of sp³-hybridized carbons (Fsp3) is 0.480. The zero-order valence-electron chi connectivity index (χ0n) is 17.4. The van der Waals surface area contributed by atoms with Crippen molar-refractivity contribution in [2.75, 3.05) is 6.61 Å². The van der Waals surface area contributed by atoms with Crippen LogP contribution in [0.25, 0.3) is 0 Å². The first kappa shape index (κ1) is 23.7. The average Bonchev–Trinajstić information content (AvgIpc) is 2.69. The molecule has 0 aliphatic rings. The lowest BCUT2D eigenvalue weighted by atomic mass is 9.99. The molecule has 1 rings (SSSR count). The second-order valence-electron chi connectivity index (χ2n) is 6.95. The van der Waals surface area contributed by atoms with E-state index >= 15 is 0 Å². The van der Waals surface area contributed by atoms with Gasteiger partial charge in [0.2, 0.25) is 0 Å². The molecule has 0 heterocycles. The van der Waals surface area contributed by atoms with Crippen LogP contribution in [-0.2, 0) is 6.42 Å². The summed E-state index contributed by atoms with van der Waals surface area (Å²) in [5.41, 5.74) is 1.22. The number of unbranched alkanes of at least 4 members (excludes halogenated alkanes) is 5. The van der Waals surface area contributed by atoms with E-state index in [1.165, 1.54) is 19.3 Å². The van der Waals surface area contributed by atoms with E-state index in [1.54, 1.807) is 6.07 Å². The van der Waals surface area contributed by atoms with Crippen LogP contribution < -0.4 is 4.74 Å². The Labute approximate surface area is 170 Å². The molecule has 1 aromatic carbocycles. The van der Waals surface area contributed by atoms with E-state index in [2.05, 4.69) is 30.9 Å². The van der Waals surface area contributed by atoms with Crippen molar-refractivity contribution in [3.05, 3.63) is 66.3 Å². The number of hydrogen-bond acceptors (Lipinski definition) is 2. The topological polar surface area (TPSA) is 46.5 Å². The lowest BCUT2D eigenvalue weighted by molar-refractivity contribution is 0.0691. The van der Waals surface area contributed by atoms with Gasteiger partial charge in [-0.05, 0) is 56.6 Å². The third-order valence-corrected chi connectivity index (χ3v) is 4.51. The van der Waals surface area contributed by atoms with Gasteiger partial charge in [0, 0.05) is 0 Å². The molecule has 154 valence electrons. The van der Waals surface area contributed by atoms with E-state index in [-0.39, 0.29) is 0 Å². The van der Waals surface area contributed by atoms with Gasteiger partial charge in [-0.1, -0.05) is 68.7 Å². The number of hydrogen-bond donors (Lipinski definition) is 1. The molecule has 3 heteroatoms. The molecule has 0 fully saturated rings. The molecule has 0 aliphatic carbocycles. The molecule has 0 aliphatic heterocycles. The van der Waals surface area contributed by atoms with Crippen LogP contribution in [0, 0.1) is 0 Å². The molecule has 28 heavy (non-hydrogen) atoms. The smallest absolute Gasteiger partial charge is 0.339 e. The number of benzene rings is 1. The molecular formula is C25H36O3. The third kappa shape index (κ3) is 10.1. The highest BCUT2D eigenvalue weighted by Gasteiger charge is 2.16. The van der Waals surface area contributed by atoms with Gasteiger partial charge in [-0.3, -0.25) is 0 Å². The molecule has 0 saturated carbocycles. The van der Waals surface area contributed by atoms with Crippen LogP contribution in [-0.4, -0.2) is 17.7 Å². The van der Waals surface area contributed by atoms with Crippen LogP contribution in [0.15, 0.2) is 55.2 Å². The number of aromatic carboxylic acids is 1. The first-order valence-corrected chi connectivity index (χ1v) is 10.6. The van der Waals surface area contributed by atoms with Crippen LogP contribution in [0.2, 0.25) is 0 Å². The molecule has 0 aromatic heterocycles. The van der Waals surface area contributed by atoms with E-state index in [9.17, 15) is 9.90 Å². The fourth-order valence-corrected chi connectivity index (χ4v) is 3.05. The van der Waals surface area contributed by atoms with Gasteiger partial charge >= 0.3 is 5.97 Å². The number of allylic oxidation sites excluding steroid dienone is 5. The summed E-state index contributed by atoms with van der Waals surface area (Å²) < 4.78 is 5.61. The molecule has 0 atom stereocenters. The Morgan fingerprint density at radius 2 is 1.75 bits per heavy atom. The monoisotopic (exact) mass is 384 g/mol. The number of carbonyl (C=O) groups is 1. The number of carboxylic acids is 1. The minimum Gasteiger partial charge on any atom is -0.493 e. The van der Waals surface area contributed by atoms with Gasteiger partial charge in [0.25, 0.3) is 0 Å². The van der Waals surface area contributed by atoms with E-state index in [0.717, 1.165) is 50.5 Å². The van der Waals surface area contributed by atoms with Crippen molar-refractivity contribution in [3.63, 3.8) is 0 Å². The molecule has 1 aromatic rings. The number of rotatable bonds is 16. The van der Waals surface area contributed by atoms with Crippen molar-refractivity contribution < 1.29 is 14.6 Å². The van der Waals surface area contributed by atoms with Crippen molar-refractivity contribution in [2.45, 2.75) is 71.1 Å². The molecule has 3 nitrogen and oxygen atoms in total. The number of carboxylic acid groups (broad SMARTS) is 1. The maximum atomic E-state index is 11.6. The van der Waals surface area contributed by atoms with E-state index in [4.69, 9.17) is 4.74 Å². The predicted molar refractivity (Wildman–Crippen MR) is 118 cm³/mol. The van der Waals surface area contributed by atoms with E-state index in [0.29, 0.717) is 17.9 Å². The van der Waals surface area contributed by atoms with Crippen LogP contribution in [0.5, 0.6) is 5.75 Å². The Morgan fingerprint density at radius 3 is 2.50 bits per heavy atom. The van der Waals surface area contributed by atoms with Crippen molar-refractivity contribution in [1.82, 2.24) is 0 Å². The molecule has 1 N–H and O–H groups in total. The maximum absolute atomic E-state index is 11.6. The van der Waals surface area contributed by atoms with Gasteiger partial charge in [-0.15, -0.1) is 6.58 Å². The lowest BCUT2D eigenvalue weighted by Crippen LogP contribution is -2.08. The molecule has 0 bridgehead atoms. The summed E-state index contributed by atoms with van der Waals surface area (Å²) in [6, 6.07) is 5.56. The fourth-order valence-electron chi connectivity index (χ4n) is 3.05.